The molecule has 1 heterocycles. The van der Waals surface area contributed by atoms with Crippen LogP contribution in [0.2, 0.25) is 5.02 Å². The number of hydrogen-bond donors (Lipinski definition) is 1. The number of nitrogens with one attached hydrogen (secondary N) is 1. The summed E-state index contributed by atoms with van der Waals surface area (Å²) in [5.74, 6) is 1.27. The van der Waals surface area contributed by atoms with E-state index in [2.05, 4.69) is 14.9 Å². The second kappa shape index (κ2) is 12.3. The van der Waals surface area contributed by atoms with Gasteiger partial charge in [0.1, 0.15) is 0 Å². The lowest BCUT2D eigenvalue weighted by atomic mass is 10.2. The van der Waals surface area contributed by atoms with Crippen LogP contribution in [0.1, 0.15) is 31.3 Å². The standard InChI is InChI=1S/C23H27ClN4O3S2/c1-3-28-22(18(2)27-33(29,30)21-13-11-20(24)12-14-21)25-26-23(28)32-16-8-7-15-31-17-19-9-5-4-6-10-19/h4-14,18,27H,3,15-17H2,1-2H3/t18-/m1/s1. The predicted molar refractivity (Wildman–Crippen MR) is 132 cm³/mol. The summed E-state index contributed by atoms with van der Waals surface area (Å²) in [6.07, 6.45) is 4.00. The molecule has 0 fully saturated rings. The van der Waals surface area contributed by atoms with E-state index in [0.29, 0.717) is 36.4 Å². The molecule has 2 aromatic carbocycles. The molecule has 3 rings (SSSR count). The number of thioether (sulfide) groups is 1. The molecule has 0 saturated carbocycles. The van der Waals surface area contributed by atoms with Gasteiger partial charge < -0.3 is 9.30 Å². The summed E-state index contributed by atoms with van der Waals surface area (Å²) in [7, 11) is -3.71. The first-order valence-corrected chi connectivity index (χ1v) is 13.4. The maximum absolute atomic E-state index is 12.7. The van der Waals surface area contributed by atoms with Gasteiger partial charge in [-0.1, -0.05) is 65.8 Å². The summed E-state index contributed by atoms with van der Waals surface area (Å²) in [6.45, 7) is 5.47. The van der Waals surface area contributed by atoms with E-state index >= 15 is 0 Å². The summed E-state index contributed by atoms with van der Waals surface area (Å²) < 4.78 is 35.6. The summed E-state index contributed by atoms with van der Waals surface area (Å²) in [5.41, 5.74) is 1.14. The highest BCUT2D eigenvalue weighted by Crippen LogP contribution is 2.22. The van der Waals surface area contributed by atoms with Gasteiger partial charge in [0.25, 0.3) is 0 Å². The van der Waals surface area contributed by atoms with Gasteiger partial charge in [-0.05, 0) is 43.7 Å². The molecular formula is C23H27ClN4O3S2. The Labute approximate surface area is 204 Å². The van der Waals surface area contributed by atoms with Gasteiger partial charge in [0, 0.05) is 17.3 Å². The molecule has 0 spiro atoms. The van der Waals surface area contributed by atoms with Crippen molar-refractivity contribution in [3.8, 4) is 0 Å². The summed E-state index contributed by atoms with van der Waals surface area (Å²) >= 11 is 7.39. The quantitative estimate of drug-likeness (QED) is 0.214. The Hall–Kier alpha value is -2.17. The summed E-state index contributed by atoms with van der Waals surface area (Å²) in [4.78, 5) is 0.149. The Morgan fingerprint density at radius 2 is 1.85 bits per heavy atom. The highest BCUT2D eigenvalue weighted by atomic mass is 35.5. The number of sulfonamides is 1. The van der Waals surface area contributed by atoms with Crippen molar-refractivity contribution in [2.24, 2.45) is 0 Å². The molecule has 10 heteroatoms. The molecular weight excluding hydrogens is 480 g/mol. The van der Waals surface area contributed by atoms with Crippen molar-refractivity contribution in [1.29, 1.82) is 0 Å². The fraction of sp³-hybridized carbons (Fsp3) is 0.304. The highest BCUT2D eigenvalue weighted by Gasteiger charge is 2.23. The molecule has 176 valence electrons. The fourth-order valence-corrected chi connectivity index (χ4v) is 5.26. The number of rotatable bonds is 12. The Kier molecular flexibility index (Phi) is 9.52. The van der Waals surface area contributed by atoms with Crippen LogP contribution in [0.5, 0.6) is 0 Å². The average molecular weight is 507 g/mol. The normalized spacial score (nSPS) is 12.9. The lowest BCUT2D eigenvalue weighted by Crippen LogP contribution is -2.29. The molecule has 0 saturated heterocycles. The molecule has 1 N–H and O–H groups in total. The van der Waals surface area contributed by atoms with Gasteiger partial charge in [0.2, 0.25) is 10.0 Å². The largest absolute Gasteiger partial charge is 0.373 e. The van der Waals surface area contributed by atoms with Gasteiger partial charge in [-0.3, -0.25) is 0 Å². The Bertz CT molecular complexity index is 1150. The average Bonchev–Trinajstić information content (AvgIpc) is 3.22. The van der Waals surface area contributed by atoms with Crippen molar-refractivity contribution >= 4 is 33.4 Å². The zero-order valence-corrected chi connectivity index (χ0v) is 20.9. The van der Waals surface area contributed by atoms with E-state index in [1.165, 1.54) is 23.9 Å². The minimum atomic E-state index is -3.71. The first-order chi connectivity index (χ1) is 15.9. The van der Waals surface area contributed by atoms with Crippen LogP contribution in [0.15, 0.2) is 76.8 Å². The first-order valence-electron chi connectivity index (χ1n) is 10.5. The smallest absolute Gasteiger partial charge is 0.241 e. The number of ether oxygens (including phenoxy) is 1. The van der Waals surface area contributed by atoms with Crippen LogP contribution in [0.3, 0.4) is 0 Å². The third-order valence-electron chi connectivity index (χ3n) is 4.71. The topological polar surface area (TPSA) is 86.1 Å². The Morgan fingerprint density at radius 1 is 1.12 bits per heavy atom. The van der Waals surface area contributed by atoms with Crippen LogP contribution in [-0.2, 0) is 27.9 Å². The molecule has 0 bridgehead atoms. The Morgan fingerprint density at radius 3 is 2.55 bits per heavy atom. The predicted octanol–water partition coefficient (Wildman–Crippen LogP) is 4.86. The van der Waals surface area contributed by atoms with Gasteiger partial charge >= 0.3 is 0 Å². The van der Waals surface area contributed by atoms with Gasteiger partial charge in [-0.15, -0.1) is 10.2 Å². The van der Waals surface area contributed by atoms with Crippen LogP contribution >= 0.6 is 23.4 Å². The van der Waals surface area contributed by atoms with Gasteiger partial charge in [0.15, 0.2) is 11.0 Å². The maximum Gasteiger partial charge on any atom is 0.241 e. The van der Waals surface area contributed by atoms with E-state index in [-0.39, 0.29) is 4.90 Å². The molecule has 0 aliphatic heterocycles. The molecule has 0 unspecified atom stereocenters. The molecule has 0 aliphatic rings. The van der Waals surface area contributed by atoms with Crippen molar-refractivity contribution < 1.29 is 13.2 Å². The fourth-order valence-electron chi connectivity index (χ4n) is 3.07. The van der Waals surface area contributed by atoms with E-state index in [4.69, 9.17) is 16.3 Å². The summed E-state index contributed by atoms with van der Waals surface area (Å²) in [6, 6.07) is 15.5. The van der Waals surface area contributed by atoms with E-state index in [0.717, 1.165) is 10.7 Å². The van der Waals surface area contributed by atoms with Crippen molar-refractivity contribution in [2.45, 2.75) is 43.1 Å². The second-order valence-corrected chi connectivity index (χ2v) is 10.3. The van der Waals surface area contributed by atoms with Crippen LogP contribution in [0.25, 0.3) is 0 Å². The van der Waals surface area contributed by atoms with Crippen LogP contribution in [-0.4, -0.2) is 35.5 Å². The highest BCUT2D eigenvalue weighted by molar-refractivity contribution is 7.99. The second-order valence-electron chi connectivity index (χ2n) is 7.17. The zero-order chi connectivity index (χ0) is 23.7. The summed E-state index contributed by atoms with van der Waals surface area (Å²) in [5, 5.41) is 9.70. The van der Waals surface area contributed by atoms with E-state index < -0.39 is 16.1 Å². The SMILES string of the molecule is CCn1c(SCC=CCOCc2ccccc2)nnc1[C@@H](C)NS(=O)(=O)c1ccc(Cl)cc1. The third kappa shape index (κ3) is 7.41. The monoisotopic (exact) mass is 506 g/mol. The van der Waals surface area contributed by atoms with Crippen molar-refractivity contribution in [1.82, 2.24) is 19.5 Å². The minimum absolute atomic E-state index is 0.149. The minimum Gasteiger partial charge on any atom is -0.373 e. The van der Waals surface area contributed by atoms with Gasteiger partial charge in [-0.2, -0.15) is 0 Å². The van der Waals surface area contributed by atoms with E-state index in [1.807, 2.05) is 54.0 Å². The van der Waals surface area contributed by atoms with Crippen molar-refractivity contribution in [2.75, 3.05) is 12.4 Å². The Balaban J connectivity index is 1.52. The van der Waals surface area contributed by atoms with E-state index in [1.54, 1.807) is 19.1 Å². The van der Waals surface area contributed by atoms with Crippen molar-refractivity contribution in [3.05, 3.63) is 83.2 Å². The maximum atomic E-state index is 12.7. The zero-order valence-electron chi connectivity index (χ0n) is 18.5. The molecule has 1 aromatic heterocycles. The molecule has 0 radical (unpaired) electrons. The number of benzene rings is 2. The van der Waals surface area contributed by atoms with Crippen LogP contribution in [0, 0.1) is 0 Å². The molecule has 33 heavy (non-hydrogen) atoms. The van der Waals surface area contributed by atoms with Crippen LogP contribution < -0.4 is 4.72 Å². The first kappa shape index (κ1) is 25.5. The van der Waals surface area contributed by atoms with E-state index in [9.17, 15) is 8.42 Å². The molecule has 7 nitrogen and oxygen atoms in total. The van der Waals surface area contributed by atoms with Gasteiger partial charge in [-0.25, -0.2) is 13.1 Å². The van der Waals surface area contributed by atoms with Gasteiger partial charge in [0.05, 0.1) is 24.2 Å². The van der Waals surface area contributed by atoms with Crippen LogP contribution in [0.4, 0.5) is 0 Å². The number of halogens is 1. The lowest BCUT2D eigenvalue weighted by Gasteiger charge is -2.15. The third-order valence-corrected chi connectivity index (χ3v) is 7.43. The lowest BCUT2D eigenvalue weighted by molar-refractivity contribution is 0.148. The molecule has 3 aromatic rings. The molecule has 1 atom stereocenters. The number of hydrogen-bond acceptors (Lipinski definition) is 6. The molecule has 0 amide bonds. The number of aromatic nitrogens is 3. The number of nitrogens with zero attached hydrogens (tertiary/aromatic N) is 3. The van der Waals surface area contributed by atoms with Crippen molar-refractivity contribution in [3.63, 3.8) is 0 Å². The molecule has 0 aliphatic carbocycles.